The highest BCUT2D eigenvalue weighted by Gasteiger charge is 2.28. The van der Waals surface area contributed by atoms with Crippen LogP contribution in [0.15, 0.2) is 23.1 Å². The summed E-state index contributed by atoms with van der Waals surface area (Å²) in [7, 11) is -3.04. The maximum absolute atomic E-state index is 13.8. The van der Waals surface area contributed by atoms with Gasteiger partial charge in [-0.3, -0.25) is 0 Å². The highest BCUT2D eigenvalue weighted by atomic mass is 32.2. The van der Waals surface area contributed by atoms with Crippen LogP contribution < -0.4 is 10.5 Å². The second-order valence-electron chi connectivity index (χ2n) is 5.29. The summed E-state index contributed by atoms with van der Waals surface area (Å²) in [5, 5.41) is 0. The van der Waals surface area contributed by atoms with E-state index in [9.17, 15) is 17.6 Å². The van der Waals surface area contributed by atoms with Gasteiger partial charge in [0.05, 0.1) is 12.0 Å². The highest BCUT2D eigenvalue weighted by Crippen LogP contribution is 2.20. The Balaban J connectivity index is 3.23. The number of rotatable bonds is 7. The lowest BCUT2D eigenvalue weighted by molar-refractivity contribution is 0.0590. The monoisotopic (exact) mass is 332 g/mol. The number of esters is 1. The van der Waals surface area contributed by atoms with Crippen molar-refractivity contribution in [3.8, 4) is 0 Å². The molecule has 0 bridgehead atoms. The first-order valence-electron chi connectivity index (χ1n) is 6.82. The number of nitrogens with one attached hydrogen (secondary N) is 1. The zero-order valence-corrected chi connectivity index (χ0v) is 13.6. The first-order valence-corrected chi connectivity index (χ1v) is 8.30. The molecule has 0 spiro atoms. The van der Waals surface area contributed by atoms with Crippen LogP contribution in [0.1, 0.15) is 30.6 Å². The molecule has 0 aliphatic heterocycles. The molecule has 0 amide bonds. The van der Waals surface area contributed by atoms with E-state index in [4.69, 9.17) is 5.73 Å². The topological polar surface area (TPSA) is 98.5 Å². The standard InChI is InChI=1S/C14H21FN2O4S/c1-9(2)7-10(8-16)17-22(19,20)12-6-4-5-11(15)13(12)14(18)21-3/h4-6,9-10,17H,7-8,16H2,1-3H3. The number of halogens is 1. The van der Waals surface area contributed by atoms with Crippen LogP contribution in [0.5, 0.6) is 0 Å². The fourth-order valence-corrected chi connectivity index (χ4v) is 3.54. The minimum absolute atomic E-state index is 0.0975. The Morgan fingerprint density at radius 1 is 1.41 bits per heavy atom. The predicted octanol–water partition coefficient (Wildman–Crippen LogP) is 1.26. The zero-order chi connectivity index (χ0) is 16.9. The fourth-order valence-electron chi connectivity index (χ4n) is 2.07. The SMILES string of the molecule is COC(=O)c1c(F)cccc1S(=O)(=O)NC(CN)CC(C)C. The van der Waals surface area contributed by atoms with Gasteiger partial charge in [0, 0.05) is 12.6 Å². The minimum Gasteiger partial charge on any atom is -0.465 e. The van der Waals surface area contributed by atoms with Crippen molar-refractivity contribution in [2.75, 3.05) is 13.7 Å². The van der Waals surface area contributed by atoms with Gasteiger partial charge in [-0.1, -0.05) is 19.9 Å². The largest absolute Gasteiger partial charge is 0.465 e. The number of hydrogen-bond acceptors (Lipinski definition) is 5. The first kappa shape index (κ1) is 18.5. The lowest BCUT2D eigenvalue weighted by Crippen LogP contribution is -2.41. The van der Waals surface area contributed by atoms with Crippen LogP contribution in [-0.2, 0) is 14.8 Å². The molecule has 22 heavy (non-hydrogen) atoms. The molecule has 0 saturated heterocycles. The average molecular weight is 332 g/mol. The van der Waals surface area contributed by atoms with Crippen LogP contribution in [0.3, 0.4) is 0 Å². The van der Waals surface area contributed by atoms with Crippen LogP contribution >= 0.6 is 0 Å². The molecule has 1 atom stereocenters. The van der Waals surface area contributed by atoms with Gasteiger partial charge in [-0.05, 0) is 24.5 Å². The molecule has 0 radical (unpaired) electrons. The molecule has 0 fully saturated rings. The average Bonchev–Trinajstić information content (AvgIpc) is 2.44. The van der Waals surface area contributed by atoms with Crippen molar-refractivity contribution in [3.63, 3.8) is 0 Å². The smallest absolute Gasteiger partial charge is 0.342 e. The van der Waals surface area contributed by atoms with Gasteiger partial charge < -0.3 is 10.5 Å². The number of carbonyl (C=O) groups excluding carboxylic acids is 1. The molecule has 1 rings (SSSR count). The van der Waals surface area contributed by atoms with E-state index in [0.29, 0.717) is 6.42 Å². The molecule has 6 nitrogen and oxygen atoms in total. The maximum atomic E-state index is 13.8. The van der Waals surface area contributed by atoms with E-state index in [1.54, 1.807) is 0 Å². The Hall–Kier alpha value is -1.51. The molecule has 0 aliphatic carbocycles. The van der Waals surface area contributed by atoms with Crippen molar-refractivity contribution in [1.29, 1.82) is 0 Å². The van der Waals surface area contributed by atoms with Crippen LogP contribution in [0, 0.1) is 11.7 Å². The molecule has 0 aromatic heterocycles. The lowest BCUT2D eigenvalue weighted by Gasteiger charge is -2.19. The Morgan fingerprint density at radius 3 is 2.55 bits per heavy atom. The maximum Gasteiger partial charge on any atom is 0.342 e. The molecule has 0 aliphatic rings. The Labute approximate surface area is 129 Å². The lowest BCUT2D eigenvalue weighted by atomic mass is 10.1. The molecule has 8 heteroatoms. The van der Waals surface area contributed by atoms with Gasteiger partial charge in [-0.2, -0.15) is 0 Å². The van der Waals surface area contributed by atoms with Crippen molar-refractivity contribution >= 4 is 16.0 Å². The summed E-state index contributed by atoms with van der Waals surface area (Å²) >= 11 is 0. The molecular weight excluding hydrogens is 311 g/mol. The van der Waals surface area contributed by atoms with E-state index in [-0.39, 0.29) is 12.5 Å². The van der Waals surface area contributed by atoms with E-state index in [2.05, 4.69) is 9.46 Å². The van der Waals surface area contributed by atoms with Crippen molar-refractivity contribution in [3.05, 3.63) is 29.6 Å². The van der Waals surface area contributed by atoms with Gasteiger partial charge in [-0.25, -0.2) is 22.3 Å². The van der Waals surface area contributed by atoms with Crippen LogP contribution in [-0.4, -0.2) is 34.1 Å². The third-order valence-electron chi connectivity index (χ3n) is 3.02. The summed E-state index contributed by atoms with van der Waals surface area (Å²) in [6.45, 7) is 3.96. The van der Waals surface area contributed by atoms with Crippen LogP contribution in [0.4, 0.5) is 4.39 Å². The van der Waals surface area contributed by atoms with Gasteiger partial charge in [0.1, 0.15) is 11.4 Å². The van der Waals surface area contributed by atoms with Gasteiger partial charge >= 0.3 is 5.97 Å². The summed E-state index contributed by atoms with van der Waals surface area (Å²) in [4.78, 5) is 11.2. The van der Waals surface area contributed by atoms with Crippen molar-refractivity contribution in [2.45, 2.75) is 31.2 Å². The summed E-state index contributed by atoms with van der Waals surface area (Å²) in [5.41, 5.74) is 4.95. The first-order chi connectivity index (χ1) is 10.2. The minimum atomic E-state index is -4.10. The van der Waals surface area contributed by atoms with E-state index in [1.165, 1.54) is 6.07 Å². The number of nitrogens with two attached hydrogens (primary N) is 1. The second kappa shape index (κ2) is 7.66. The Bertz CT molecular complexity index is 632. The predicted molar refractivity (Wildman–Crippen MR) is 80.4 cm³/mol. The fraction of sp³-hybridized carbons (Fsp3) is 0.500. The van der Waals surface area contributed by atoms with E-state index < -0.39 is 38.3 Å². The molecule has 0 saturated carbocycles. The molecule has 124 valence electrons. The van der Waals surface area contributed by atoms with Crippen LogP contribution in [0.25, 0.3) is 0 Å². The summed E-state index contributed by atoms with van der Waals surface area (Å²) in [6, 6.07) is 2.87. The van der Waals surface area contributed by atoms with Crippen LogP contribution in [0.2, 0.25) is 0 Å². The van der Waals surface area contributed by atoms with Gasteiger partial charge in [0.25, 0.3) is 0 Å². The van der Waals surface area contributed by atoms with Crippen molar-refractivity contribution in [1.82, 2.24) is 4.72 Å². The van der Waals surface area contributed by atoms with Gasteiger partial charge in [0.2, 0.25) is 10.0 Å². The van der Waals surface area contributed by atoms with Gasteiger partial charge in [0.15, 0.2) is 0 Å². The zero-order valence-electron chi connectivity index (χ0n) is 12.8. The van der Waals surface area contributed by atoms with E-state index in [1.807, 2.05) is 13.8 Å². The Morgan fingerprint density at radius 2 is 2.05 bits per heavy atom. The quantitative estimate of drug-likeness (QED) is 0.733. The number of carbonyl (C=O) groups is 1. The summed E-state index contributed by atoms with van der Waals surface area (Å²) in [5.74, 6) is -1.78. The number of sulfonamides is 1. The van der Waals surface area contributed by atoms with E-state index in [0.717, 1.165) is 19.2 Å². The summed E-state index contributed by atoms with van der Waals surface area (Å²) < 4.78 is 45.6. The molecule has 1 unspecified atom stereocenters. The summed E-state index contributed by atoms with van der Waals surface area (Å²) in [6.07, 6.45) is 0.526. The highest BCUT2D eigenvalue weighted by molar-refractivity contribution is 7.89. The molecule has 1 aromatic carbocycles. The number of methoxy groups -OCH3 is 1. The third kappa shape index (κ3) is 4.49. The molecule has 1 aromatic rings. The molecular formula is C14H21FN2O4S. The van der Waals surface area contributed by atoms with Crippen molar-refractivity contribution < 1.29 is 22.3 Å². The number of ether oxygens (including phenoxy) is 1. The molecule has 0 heterocycles. The van der Waals surface area contributed by atoms with Crippen molar-refractivity contribution in [2.24, 2.45) is 11.7 Å². The number of hydrogen-bond donors (Lipinski definition) is 2. The Kier molecular flexibility index (Phi) is 6.46. The van der Waals surface area contributed by atoms with Gasteiger partial charge in [-0.15, -0.1) is 0 Å². The second-order valence-corrected chi connectivity index (χ2v) is 6.97. The molecule has 3 N–H and O–H groups in total. The normalized spacial score (nSPS) is 13.2. The third-order valence-corrected chi connectivity index (χ3v) is 4.58. The number of benzene rings is 1. The van der Waals surface area contributed by atoms with E-state index >= 15 is 0 Å².